The van der Waals surface area contributed by atoms with Gasteiger partial charge in [-0.3, -0.25) is 9.59 Å². The fourth-order valence-electron chi connectivity index (χ4n) is 7.43. The van der Waals surface area contributed by atoms with E-state index < -0.39 is 41.7 Å². The molecule has 0 aromatic rings. The molecule has 8 atom stereocenters. The summed E-state index contributed by atoms with van der Waals surface area (Å²) in [5.41, 5.74) is -2.63. The first-order chi connectivity index (χ1) is 14.9. The van der Waals surface area contributed by atoms with E-state index in [2.05, 4.69) is 13.8 Å². The van der Waals surface area contributed by atoms with Gasteiger partial charge < -0.3 is 20.1 Å². The molecular formula is C26H38O6. The zero-order chi connectivity index (χ0) is 23.8. The van der Waals surface area contributed by atoms with Crippen molar-refractivity contribution in [2.45, 2.75) is 78.6 Å². The van der Waals surface area contributed by atoms with Crippen LogP contribution < -0.4 is 0 Å². The molecule has 4 aliphatic carbocycles. The summed E-state index contributed by atoms with van der Waals surface area (Å²) in [4.78, 5) is 27.2. The third-order valence-corrected chi connectivity index (χ3v) is 9.45. The maximum absolute atomic E-state index is 14.2. The molecule has 6 heteroatoms. The van der Waals surface area contributed by atoms with Gasteiger partial charge >= 0.3 is 5.97 Å². The molecule has 0 aromatic carbocycles. The summed E-state index contributed by atoms with van der Waals surface area (Å²) in [6, 6.07) is 0. The number of ketones is 1. The number of esters is 1. The fourth-order valence-corrected chi connectivity index (χ4v) is 7.43. The summed E-state index contributed by atoms with van der Waals surface area (Å²) >= 11 is 0. The number of Topliss-reactive ketones (excluding diaryl/α,β-unsaturated/α-hetero) is 1. The first kappa shape index (κ1) is 23.7. The van der Waals surface area contributed by atoms with Crippen LogP contribution in [0, 0.1) is 40.4 Å². The highest BCUT2D eigenvalue weighted by molar-refractivity contribution is 5.95. The summed E-state index contributed by atoms with van der Waals surface area (Å²) < 4.78 is 5.88. The predicted octanol–water partition coefficient (Wildman–Crippen LogP) is 2.80. The molecule has 1 spiro atoms. The average molecular weight is 447 g/mol. The normalized spacial score (nSPS) is 44.1. The Morgan fingerprint density at radius 3 is 2.47 bits per heavy atom. The van der Waals surface area contributed by atoms with Gasteiger partial charge in [-0.05, 0) is 60.5 Å². The van der Waals surface area contributed by atoms with Crippen molar-refractivity contribution in [2.24, 2.45) is 40.4 Å². The smallest absolute Gasteiger partial charge is 0.309 e. The highest BCUT2D eigenvalue weighted by Crippen LogP contribution is 2.71. The summed E-state index contributed by atoms with van der Waals surface area (Å²) in [5.74, 6) is -1.21. The predicted molar refractivity (Wildman–Crippen MR) is 119 cm³/mol. The van der Waals surface area contributed by atoms with Gasteiger partial charge in [0.15, 0.2) is 17.5 Å². The van der Waals surface area contributed by atoms with Gasteiger partial charge in [-0.25, -0.2) is 0 Å². The zero-order valence-corrected chi connectivity index (χ0v) is 20.1. The highest BCUT2D eigenvalue weighted by Gasteiger charge is 2.76. The van der Waals surface area contributed by atoms with Crippen LogP contribution in [0.5, 0.6) is 0 Å². The van der Waals surface area contributed by atoms with E-state index in [0.29, 0.717) is 24.3 Å². The van der Waals surface area contributed by atoms with Gasteiger partial charge in [0.1, 0.15) is 6.10 Å². The molecule has 178 valence electrons. The molecule has 0 heterocycles. The van der Waals surface area contributed by atoms with E-state index in [0.717, 1.165) is 6.42 Å². The number of carbonyl (C=O) groups is 2. The van der Waals surface area contributed by atoms with Crippen molar-refractivity contribution in [3.05, 3.63) is 23.3 Å². The maximum atomic E-state index is 14.2. The fraction of sp³-hybridized carbons (Fsp3) is 0.769. The standard InChI is InChI=1S/C26H38O6/c1-7-15(8-2)23(30)32-22-13(3)11-25-14(4)9-18-19(24(18,5)6)17(21(25)29)10-16(12-27)20(28)26(22,25)31/h10-11,14-15,17-20,22,27-28,31H,7-9,12H2,1-6H3. The number of hydrogen-bond acceptors (Lipinski definition) is 6. The van der Waals surface area contributed by atoms with Crippen molar-refractivity contribution in [1.29, 1.82) is 0 Å². The van der Waals surface area contributed by atoms with E-state index in [1.165, 1.54) is 0 Å². The third-order valence-electron chi connectivity index (χ3n) is 9.45. The van der Waals surface area contributed by atoms with E-state index in [1.807, 2.05) is 20.8 Å². The van der Waals surface area contributed by atoms with E-state index in [1.54, 1.807) is 19.1 Å². The van der Waals surface area contributed by atoms with Crippen molar-refractivity contribution in [1.82, 2.24) is 0 Å². The number of aliphatic hydroxyl groups excluding tert-OH is 2. The van der Waals surface area contributed by atoms with Crippen LogP contribution in [0.3, 0.4) is 0 Å². The van der Waals surface area contributed by atoms with Gasteiger partial charge in [0.25, 0.3) is 0 Å². The highest BCUT2D eigenvalue weighted by atomic mass is 16.6. The van der Waals surface area contributed by atoms with Gasteiger partial charge in [-0.15, -0.1) is 0 Å². The molecule has 2 bridgehead atoms. The molecule has 0 saturated heterocycles. The molecule has 2 fully saturated rings. The molecule has 0 aliphatic heterocycles. The van der Waals surface area contributed by atoms with Crippen molar-refractivity contribution < 1.29 is 29.6 Å². The maximum Gasteiger partial charge on any atom is 0.309 e. The number of hydrogen-bond donors (Lipinski definition) is 3. The molecular weight excluding hydrogens is 408 g/mol. The second-order valence-electron chi connectivity index (χ2n) is 11.2. The minimum absolute atomic E-state index is 0.0145. The number of fused-ring (bicyclic) bond motifs is 3. The molecule has 4 rings (SSSR count). The second-order valence-corrected chi connectivity index (χ2v) is 11.2. The Balaban J connectivity index is 1.87. The lowest BCUT2D eigenvalue weighted by Gasteiger charge is -2.49. The number of ether oxygens (including phenoxy) is 1. The molecule has 4 aliphatic rings. The van der Waals surface area contributed by atoms with Gasteiger partial charge in [0, 0.05) is 5.92 Å². The Labute approximate surface area is 190 Å². The molecule has 32 heavy (non-hydrogen) atoms. The second kappa shape index (κ2) is 7.51. The third kappa shape index (κ3) is 2.75. The molecule has 0 radical (unpaired) electrons. The average Bonchev–Trinajstić information content (AvgIpc) is 3.23. The van der Waals surface area contributed by atoms with Crippen LogP contribution >= 0.6 is 0 Å². The first-order valence-electron chi connectivity index (χ1n) is 12.1. The van der Waals surface area contributed by atoms with Crippen molar-refractivity contribution >= 4 is 11.8 Å². The quantitative estimate of drug-likeness (QED) is 0.443. The monoisotopic (exact) mass is 446 g/mol. The number of allylic oxidation sites excluding steroid dienone is 1. The minimum atomic E-state index is -2.06. The summed E-state index contributed by atoms with van der Waals surface area (Å²) in [7, 11) is 0. The SMILES string of the molecule is CCC(CC)C(=O)OC1C(C)=CC23C(=O)C(C=C(CO)C(O)C12O)C1C(CC3C)C1(C)C. The lowest BCUT2D eigenvalue weighted by molar-refractivity contribution is -0.205. The van der Waals surface area contributed by atoms with Crippen LogP contribution in [0.4, 0.5) is 0 Å². The minimum Gasteiger partial charge on any atom is -0.454 e. The number of rotatable bonds is 5. The molecule has 8 unspecified atom stereocenters. The van der Waals surface area contributed by atoms with Crippen LogP contribution in [0.2, 0.25) is 0 Å². The summed E-state index contributed by atoms with van der Waals surface area (Å²) in [6.45, 7) is 11.4. The van der Waals surface area contributed by atoms with E-state index in [-0.39, 0.29) is 34.5 Å². The summed E-state index contributed by atoms with van der Waals surface area (Å²) in [5, 5.41) is 33.9. The van der Waals surface area contributed by atoms with E-state index >= 15 is 0 Å². The Morgan fingerprint density at radius 1 is 1.28 bits per heavy atom. The Bertz CT molecular complexity index is 883. The molecule has 2 saturated carbocycles. The Hall–Kier alpha value is -1.50. The van der Waals surface area contributed by atoms with Crippen LogP contribution in [-0.2, 0) is 14.3 Å². The van der Waals surface area contributed by atoms with Crippen LogP contribution in [0.25, 0.3) is 0 Å². The van der Waals surface area contributed by atoms with Crippen molar-refractivity contribution in [3.8, 4) is 0 Å². The molecule has 0 amide bonds. The zero-order valence-electron chi connectivity index (χ0n) is 20.1. The Morgan fingerprint density at radius 2 is 1.91 bits per heavy atom. The number of aliphatic hydroxyl groups is 3. The van der Waals surface area contributed by atoms with Crippen molar-refractivity contribution in [2.75, 3.05) is 6.61 Å². The van der Waals surface area contributed by atoms with Crippen molar-refractivity contribution in [3.63, 3.8) is 0 Å². The molecule has 0 aromatic heterocycles. The topological polar surface area (TPSA) is 104 Å². The van der Waals surface area contributed by atoms with Gasteiger partial charge in [-0.2, -0.15) is 0 Å². The first-order valence-corrected chi connectivity index (χ1v) is 12.1. The van der Waals surface area contributed by atoms with Gasteiger partial charge in [-0.1, -0.05) is 46.8 Å². The largest absolute Gasteiger partial charge is 0.454 e. The van der Waals surface area contributed by atoms with Crippen LogP contribution in [-0.4, -0.2) is 51.5 Å². The number of carbonyl (C=O) groups excluding carboxylic acids is 2. The lowest BCUT2D eigenvalue weighted by atomic mass is 9.59. The molecule has 3 N–H and O–H groups in total. The van der Waals surface area contributed by atoms with Gasteiger partial charge in [0.2, 0.25) is 0 Å². The van der Waals surface area contributed by atoms with Crippen LogP contribution in [0.1, 0.15) is 60.8 Å². The lowest BCUT2D eigenvalue weighted by Crippen LogP contribution is -2.66. The summed E-state index contributed by atoms with van der Waals surface area (Å²) in [6.07, 6.45) is 2.76. The van der Waals surface area contributed by atoms with E-state index in [4.69, 9.17) is 4.74 Å². The van der Waals surface area contributed by atoms with Gasteiger partial charge in [0.05, 0.1) is 17.9 Å². The van der Waals surface area contributed by atoms with Crippen LogP contribution in [0.15, 0.2) is 23.3 Å². The molecule has 6 nitrogen and oxygen atoms in total. The van der Waals surface area contributed by atoms with E-state index in [9.17, 15) is 24.9 Å². The Kier molecular flexibility index (Phi) is 5.55.